The molecule has 0 radical (unpaired) electrons. The molecule has 0 saturated carbocycles. The van der Waals surface area contributed by atoms with Crippen LogP contribution in [-0.2, 0) is 0 Å². The van der Waals surface area contributed by atoms with Gasteiger partial charge in [-0.1, -0.05) is 12.5 Å². The van der Waals surface area contributed by atoms with Gasteiger partial charge in [0.05, 0.1) is 12.1 Å². The molecule has 0 spiro atoms. The minimum atomic E-state index is -0.610. The summed E-state index contributed by atoms with van der Waals surface area (Å²) in [7, 11) is 0. The lowest BCUT2D eigenvalue weighted by Crippen LogP contribution is -2.54. The van der Waals surface area contributed by atoms with Crippen molar-refractivity contribution in [3.8, 4) is 5.75 Å². The third-order valence-electron chi connectivity index (χ3n) is 5.00. The fraction of sp³-hybridized carbons (Fsp3) is 0.667. The molecule has 1 saturated heterocycles. The van der Waals surface area contributed by atoms with Gasteiger partial charge in [0, 0.05) is 5.56 Å². The number of ether oxygens (including phenoxy) is 1. The van der Waals surface area contributed by atoms with Gasteiger partial charge in [0.1, 0.15) is 17.5 Å². The number of fused-ring (bicyclic) bond motifs is 1. The number of piperidine rings is 1. The van der Waals surface area contributed by atoms with Crippen LogP contribution in [0.1, 0.15) is 63.3 Å². The third-order valence-corrected chi connectivity index (χ3v) is 5.00. The van der Waals surface area contributed by atoms with E-state index in [-0.39, 0.29) is 18.4 Å². The summed E-state index contributed by atoms with van der Waals surface area (Å²) >= 11 is 0. The fourth-order valence-corrected chi connectivity index (χ4v) is 3.64. The summed E-state index contributed by atoms with van der Waals surface area (Å²) in [4.78, 5) is 2.38. The molecule has 2 N–H and O–H groups in total. The predicted molar refractivity (Wildman–Crippen MR) is 93.2 cm³/mol. The highest BCUT2D eigenvalue weighted by Gasteiger charge is 2.45. The zero-order chi connectivity index (χ0) is 15.9. The maximum Gasteiger partial charge on any atom is 0.131 e. The van der Waals surface area contributed by atoms with Crippen molar-refractivity contribution in [3.63, 3.8) is 0 Å². The molecule has 0 bridgehead atoms. The average molecular weight is 342 g/mol. The largest absolute Gasteiger partial charge is 0.485 e. The van der Waals surface area contributed by atoms with Crippen LogP contribution in [0.5, 0.6) is 5.75 Å². The van der Waals surface area contributed by atoms with Crippen LogP contribution in [0.2, 0.25) is 0 Å². The standard InChI is InChI=1S/C18H27NO3.ClH/c1-12(20)13-7-8-15-14(11-13)16(17(21)18(2,3)22-15)19-9-5-4-6-10-19;/h7-8,11-12,16-17,20-21H,4-6,9-10H2,1-3H3;1H/t12?,16-,17+;/m1./s1. The Hall–Kier alpha value is -0.810. The van der Waals surface area contributed by atoms with E-state index in [1.165, 1.54) is 19.3 Å². The van der Waals surface area contributed by atoms with Crippen molar-refractivity contribution in [2.75, 3.05) is 13.1 Å². The first-order valence-electron chi connectivity index (χ1n) is 8.33. The lowest BCUT2D eigenvalue weighted by atomic mass is 9.84. The van der Waals surface area contributed by atoms with Crippen molar-refractivity contribution in [2.24, 2.45) is 0 Å². The third kappa shape index (κ3) is 3.50. The summed E-state index contributed by atoms with van der Waals surface area (Å²) in [5, 5.41) is 20.8. The normalized spacial score (nSPS) is 28.2. The van der Waals surface area contributed by atoms with E-state index < -0.39 is 17.8 Å². The van der Waals surface area contributed by atoms with Gasteiger partial charge in [-0.05, 0) is 64.4 Å². The van der Waals surface area contributed by atoms with Gasteiger partial charge < -0.3 is 14.9 Å². The molecule has 3 atom stereocenters. The van der Waals surface area contributed by atoms with Crippen molar-refractivity contribution in [2.45, 2.75) is 63.9 Å². The van der Waals surface area contributed by atoms with E-state index in [4.69, 9.17) is 4.74 Å². The molecule has 1 fully saturated rings. The molecule has 5 heteroatoms. The van der Waals surface area contributed by atoms with Crippen LogP contribution in [0, 0.1) is 0 Å². The van der Waals surface area contributed by atoms with E-state index >= 15 is 0 Å². The first kappa shape index (κ1) is 18.5. The molecule has 1 aromatic carbocycles. The maximum atomic E-state index is 10.9. The maximum absolute atomic E-state index is 10.9. The monoisotopic (exact) mass is 341 g/mol. The van der Waals surface area contributed by atoms with E-state index in [1.54, 1.807) is 6.92 Å². The molecule has 23 heavy (non-hydrogen) atoms. The van der Waals surface area contributed by atoms with Crippen LogP contribution in [-0.4, -0.2) is 39.9 Å². The van der Waals surface area contributed by atoms with E-state index in [0.717, 1.165) is 30.0 Å². The second-order valence-corrected chi connectivity index (χ2v) is 7.17. The smallest absolute Gasteiger partial charge is 0.131 e. The second-order valence-electron chi connectivity index (χ2n) is 7.17. The molecule has 0 aromatic heterocycles. The molecule has 0 amide bonds. The molecule has 2 aliphatic heterocycles. The SMILES string of the molecule is CC(O)c1ccc2c(c1)[C@@H](N1CCCCC1)[C@H](O)C(C)(C)O2.Cl. The number of hydrogen-bond acceptors (Lipinski definition) is 4. The number of aliphatic hydroxyl groups excluding tert-OH is 2. The number of benzene rings is 1. The Morgan fingerprint density at radius 1 is 1.22 bits per heavy atom. The van der Waals surface area contributed by atoms with E-state index in [2.05, 4.69) is 4.90 Å². The highest BCUT2D eigenvalue weighted by atomic mass is 35.5. The first-order valence-corrected chi connectivity index (χ1v) is 8.33. The van der Waals surface area contributed by atoms with Crippen molar-refractivity contribution < 1.29 is 14.9 Å². The molecule has 130 valence electrons. The van der Waals surface area contributed by atoms with Gasteiger partial charge in [-0.2, -0.15) is 0 Å². The van der Waals surface area contributed by atoms with Crippen LogP contribution in [0.4, 0.5) is 0 Å². The summed E-state index contributed by atoms with van der Waals surface area (Å²) in [5.74, 6) is 0.829. The van der Waals surface area contributed by atoms with Gasteiger partial charge in [0.2, 0.25) is 0 Å². The molecular weight excluding hydrogens is 314 g/mol. The van der Waals surface area contributed by atoms with Gasteiger partial charge in [0.25, 0.3) is 0 Å². The van der Waals surface area contributed by atoms with Crippen molar-refractivity contribution in [1.82, 2.24) is 4.90 Å². The lowest BCUT2D eigenvalue weighted by molar-refractivity contribution is -0.0962. The van der Waals surface area contributed by atoms with Crippen molar-refractivity contribution in [3.05, 3.63) is 29.3 Å². The quantitative estimate of drug-likeness (QED) is 0.867. The minimum Gasteiger partial charge on any atom is -0.485 e. The Morgan fingerprint density at radius 2 is 1.87 bits per heavy atom. The summed E-state index contributed by atoms with van der Waals surface area (Å²) in [6.07, 6.45) is 2.52. The van der Waals surface area contributed by atoms with Crippen LogP contribution in [0.3, 0.4) is 0 Å². The number of nitrogens with zero attached hydrogens (tertiary/aromatic N) is 1. The fourth-order valence-electron chi connectivity index (χ4n) is 3.64. The molecular formula is C18H28ClNO3. The topological polar surface area (TPSA) is 52.9 Å². The van der Waals surface area contributed by atoms with Crippen molar-refractivity contribution >= 4 is 12.4 Å². The van der Waals surface area contributed by atoms with E-state index in [0.29, 0.717) is 0 Å². The van der Waals surface area contributed by atoms with Crippen LogP contribution in [0.15, 0.2) is 18.2 Å². The zero-order valence-corrected chi connectivity index (χ0v) is 15.0. The Labute approximate surface area is 144 Å². The Balaban J connectivity index is 0.00000192. The summed E-state index contributed by atoms with van der Waals surface area (Å²) in [5.41, 5.74) is 1.27. The first-order chi connectivity index (χ1) is 10.4. The van der Waals surface area contributed by atoms with Gasteiger partial charge in [-0.25, -0.2) is 0 Å². The van der Waals surface area contributed by atoms with E-state index in [9.17, 15) is 10.2 Å². The average Bonchev–Trinajstić information content (AvgIpc) is 2.48. The van der Waals surface area contributed by atoms with Gasteiger partial charge >= 0.3 is 0 Å². The van der Waals surface area contributed by atoms with Crippen LogP contribution >= 0.6 is 12.4 Å². The van der Waals surface area contributed by atoms with E-state index in [1.807, 2.05) is 32.0 Å². The Bertz CT molecular complexity index is 541. The second kappa shape index (κ2) is 6.98. The summed E-state index contributed by atoms with van der Waals surface area (Å²) in [6, 6.07) is 5.78. The van der Waals surface area contributed by atoms with Crippen LogP contribution in [0.25, 0.3) is 0 Å². The molecule has 1 unspecified atom stereocenters. The minimum absolute atomic E-state index is 0. The number of aliphatic hydroxyl groups is 2. The lowest BCUT2D eigenvalue weighted by Gasteiger charge is -2.47. The number of rotatable bonds is 2. The molecule has 0 aliphatic carbocycles. The molecule has 2 aliphatic rings. The highest BCUT2D eigenvalue weighted by molar-refractivity contribution is 5.85. The predicted octanol–water partition coefficient (Wildman–Crippen LogP) is 3.22. The Kier molecular flexibility index (Phi) is 5.62. The van der Waals surface area contributed by atoms with Crippen LogP contribution < -0.4 is 4.74 Å². The van der Waals surface area contributed by atoms with Gasteiger partial charge in [-0.15, -0.1) is 12.4 Å². The van der Waals surface area contributed by atoms with Gasteiger partial charge in [0.15, 0.2) is 0 Å². The summed E-state index contributed by atoms with van der Waals surface area (Å²) < 4.78 is 6.03. The number of halogens is 1. The summed E-state index contributed by atoms with van der Waals surface area (Å²) in [6.45, 7) is 7.67. The zero-order valence-electron chi connectivity index (χ0n) is 14.2. The number of hydrogen-bond donors (Lipinski definition) is 2. The molecule has 2 heterocycles. The number of likely N-dealkylation sites (tertiary alicyclic amines) is 1. The highest BCUT2D eigenvalue weighted by Crippen LogP contribution is 2.44. The Morgan fingerprint density at radius 3 is 2.48 bits per heavy atom. The molecule has 1 aromatic rings. The molecule has 4 nitrogen and oxygen atoms in total. The van der Waals surface area contributed by atoms with Gasteiger partial charge in [-0.3, -0.25) is 4.90 Å². The molecule has 3 rings (SSSR count). The van der Waals surface area contributed by atoms with Crippen molar-refractivity contribution in [1.29, 1.82) is 0 Å².